The lowest BCUT2D eigenvalue weighted by atomic mass is 10.0. The van der Waals surface area contributed by atoms with Crippen LogP contribution in [0.1, 0.15) is 45.8 Å². The lowest BCUT2D eigenvalue weighted by Crippen LogP contribution is -2.34. The Labute approximate surface area is 222 Å². The molecule has 1 saturated carbocycles. The third-order valence-electron chi connectivity index (χ3n) is 6.51. The molecule has 0 atom stereocenters. The molecule has 0 unspecified atom stereocenters. The SMILES string of the molecule is Cc1cccc(C(=O)O)c1S(=O)(=O)N(Cc1ccc(OC(F)(F)F)cc1)c1ncc2ccccc2c1C1CC1. The van der Waals surface area contributed by atoms with Crippen LogP contribution >= 0.6 is 0 Å². The number of alkyl halides is 3. The molecule has 11 heteroatoms. The van der Waals surface area contributed by atoms with Crippen molar-refractivity contribution in [3.63, 3.8) is 0 Å². The van der Waals surface area contributed by atoms with E-state index in [0.29, 0.717) is 5.56 Å². The van der Waals surface area contributed by atoms with Crippen LogP contribution in [-0.4, -0.2) is 30.8 Å². The average molecular weight is 557 g/mol. The Morgan fingerprint density at radius 1 is 1.05 bits per heavy atom. The Balaban J connectivity index is 1.69. The lowest BCUT2D eigenvalue weighted by molar-refractivity contribution is -0.274. The van der Waals surface area contributed by atoms with Crippen LogP contribution in [0.5, 0.6) is 5.75 Å². The van der Waals surface area contributed by atoms with Gasteiger partial charge in [-0.2, -0.15) is 0 Å². The fourth-order valence-corrected chi connectivity index (χ4v) is 6.48. The summed E-state index contributed by atoms with van der Waals surface area (Å²) in [6.07, 6.45) is -1.63. The van der Waals surface area contributed by atoms with Gasteiger partial charge in [-0.1, -0.05) is 48.5 Å². The maximum atomic E-state index is 14.3. The number of aromatic nitrogens is 1. The van der Waals surface area contributed by atoms with Crippen molar-refractivity contribution in [1.29, 1.82) is 0 Å². The second kappa shape index (κ2) is 9.88. The molecule has 1 aliphatic carbocycles. The van der Waals surface area contributed by atoms with Gasteiger partial charge in [-0.25, -0.2) is 22.5 Å². The van der Waals surface area contributed by atoms with Crippen molar-refractivity contribution >= 4 is 32.6 Å². The number of anilines is 1. The highest BCUT2D eigenvalue weighted by Crippen LogP contribution is 2.48. The first-order chi connectivity index (χ1) is 18.5. The molecule has 1 fully saturated rings. The molecule has 202 valence electrons. The van der Waals surface area contributed by atoms with Crippen LogP contribution in [0.3, 0.4) is 0 Å². The monoisotopic (exact) mass is 556 g/mol. The predicted octanol–water partition coefficient (Wildman–Crippen LogP) is 6.41. The molecule has 3 aromatic carbocycles. The van der Waals surface area contributed by atoms with Crippen molar-refractivity contribution in [2.75, 3.05) is 4.31 Å². The lowest BCUT2D eigenvalue weighted by Gasteiger charge is -2.28. The van der Waals surface area contributed by atoms with E-state index in [-0.39, 0.29) is 34.3 Å². The first kappa shape index (κ1) is 26.5. The maximum Gasteiger partial charge on any atom is 0.573 e. The van der Waals surface area contributed by atoms with Crippen molar-refractivity contribution in [1.82, 2.24) is 4.98 Å². The number of nitrogens with zero attached hydrogens (tertiary/aromatic N) is 2. The predicted molar refractivity (Wildman–Crippen MR) is 138 cm³/mol. The maximum absolute atomic E-state index is 14.3. The van der Waals surface area contributed by atoms with E-state index in [4.69, 9.17) is 0 Å². The van der Waals surface area contributed by atoms with Gasteiger partial charge < -0.3 is 9.84 Å². The molecule has 0 spiro atoms. The highest BCUT2D eigenvalue weighted by Gasteiger charge is 2.37. The van der Waals surface area contributed by atoms with Gasteiger partial charge in [0.1, 0.15) is 16.5 Å². The Morgan fingerprint density at radius 2 is 1.74 bits per heavy atom. The van der Waals surface area contributed by atoms with E-state index >= 15 is 0 Å². The number of aromatic carboxylic acids is 1. The minimum Gasteiger partial charge on any atom is -0.478 e. The number of carboxylic acid groups (broad SMARTS) is 1. The second-order valence-electron chi connectivity index (χ2n) is 9.32. The van der Waals surface area contributed by atoms with E-state index in [1.807, 2.05) is 24.3 Å². The number of hydrogen-bond donors (Lipinski definition) is 1. The first-order valence-corrected chi connectivity index (χ1v) is 13.5. The number of ether oxygens (including phenoxy) is 1. The zero-order valence-electron chi connectivity index (χ0n) is 20.6. The number of pyridine rings is 1. The molecule has 4 aromatic rings. The molecule has 1 aromatic heterocycles. The highest BCUT2D eigenvalue weighted by atomic mass is 32.2. The zero-order valence-corrected chi connectivity index (χ0v) is 21.5. The van der Waals surface area contributed by atoms with Gasteiger partial charge in [0.25, 0.3) is 10.0 Å². The number of benzene rings is 3. The van der Waals surface area contributed by atoms with Gasteiger partial charge in [0, 0.05) is 17.1 Å². The van der Waals surface area contributed by atoms with Gasteiger partial charge >= 0.3 is 12.3 Å². The van der Waals surface area contributed by atoms with Crippen LogP contribution in [-0.2, 0) is 16.6 Å². The van der Waals surface area contributed by atoms with Gasteiger partial charge in [-0.15, -0.1) is 13.2 Å². The fraction of sp³-hybridized carbons (Fsp3) is 0.214. The standard InChI is InChI=1S/C28H23F3N2O5S/c1-17-5-4-8-23(27(34)35)25(17)39(36,37)33(16-18-9-13-21(14-10-18)38-28(29,30)31)26-24(19-11-12-19)22-7-3-2-6-20(22)15-32-26/h2-10,13-15,19H,11-12,16H2,1H3,(H,34,35). The van der Waals surface area contributed by atoms with Crippen LogP contribution in [0.4, 0.5) is 19.0 Å². The van der Waals surface area contributed by atoms with E-state index in [9.17, 15) is 31.5 Å². The molecule has 7 nitrogen and oxygen atoms in total. The van der Waals surface area contributed by atoms with Gasteiger partial charge in [-0.05, 0) is 60.4 Å². The van der Waals surface area contributed by atoms with E-state index < -0.39 is 28.1 Å². The van der Waals surface area contributed by atoms with Gasteiger partial charge in [-0.3, -0.25) is 0 Å². The van der Waals surface area contributed by atoms with Crippen LogP contribution < -0.4 is 9.04 Å². The third kappa shape index (κ3) is 5.40. The first-order valence-electron chi connectivity index (χ1n) is 12.0. The molecule has 1 heterocycles. The Kier molecular flexibility index (Phi) is 6.71. The molecule has 0 saturated heterocycles. The van der Waals surface area contributed by atoms with Crippen molar-refractivity contribution in [3.8, 4) is 5.75 Å². The number of hydrogen-bond acceptors (Lipinski definition) is 5. The van der Waals surface area contributed by atoms with Crippen molar-refractivity contribution in [2.24, 2.45) is 0 Å². The molecular weight excluding hydrogens is 533 g/mol. The summed E-state index contributed by atoms with van der Waals surface area (Å²) in [4.78, 5) is 16.2. The summed E-state index contributed by atoms with van der Waals surface area (Å²) in [6, 6.07) is 16.5. The molecule has 0 aliphatic heterocycles. The molecular formula is C28H23F3N2O5S. The van der Waals surface area contributed by atoms with Crippen molar-refractivity contribution in [3.05, 3.63) is 95.2 Å². The summed E-state index contributed by atoms with van der Waals surface area (Å²) in [5.74, 6) is -1.63. The number of carboxylic acids is 1. The summed E-state index contributed by atoms with van der Waals surface area (Å²) in [7, 11) is -4.52. The summed E-state index contributed by atoms with van der Waals surface area (Å²) in [5, 5.41) is 11.5. The molecule has 1 N–H and O–H groups in total. The molecule has 0 amide bonds. The Bertz CT molecular complexity index is 1670. The van der Waals surface area contributed by atoms with E-state index in [1.165, 1.54) is 37.3 Å². The molecule has 0 radical (unpaired) electrons. The number of carbonyl (C=O) groups is 1. The molecule has 5 rings (SSSR count). The number of halogens is 3. The van der Waals surface area contributed by atoms with Crippen LogP contribution in [0.15, 0.2) is 77.8 Å². The van der Waals surface area contributed by atoms with Crippen LogP contribution in [0.25, 0.3) is 10.8 Å². The fourth-order valence-electron chi connectivity index (χ4n) is 4.66. The Hall–Kier alpha value is -4.12. The summed E-state index contributed by atoms with van der Waals surface area (Å²) >= 11 is 0. The number of fused-ring (bicyclic) bond motifs is 1. The highest BCUT2D eigenvalue weighted by molar-refractivity contribution is 7.93. The average Bonchev–Trinajstić information content (AvgIpc) is 3.71. The van der Waals surface area contributed by atoms with Gasteiger partial charge in [0.2, 0.25) is 0 Å². The summed E-state index contributed by atoms with van der Waals surface area (Å²) in [6.45, 7) is 1.21. The molecule has 39 heavy (non-hydrogen) atoms. The topological polar surface area (TPSA) is 96.8 Å². The number of sulfonamides is 1. The minimum absolute atomic E-state index is 0.0645. The van der Waals surface area contributed by atoms with E-state index in [1.54, 1.807) is 6.20 Å². The third-order valence-corrected chi connectivity index (χ3v) is 8.45. The second-order valence-corrected chi connectivity index (χ2v) is 11.1. The minimum atomic E-state index is -4.87. The number of aryl methyl sites for hydroxylation is 1. The normalized spacial score (nSPS) is 13.8. The quantitative estimate of drug-likeness (QED) is 0.269. The van der Waals surface area contributed by atoms with Crippen LogP contribution in [0, 0.1) is 6.92 Å². The molecule has 0 bridgehead atoms. The smallest absolute Gasteiger partial charge is 0.478 e. The van der Waals surface area contributed by atoms with E-state index in [0.717, 1.165) is 45.6 Å². The van der Waals surface area contributed by atoms with Gasteiger partial charge in [0.15, 0.2) is 0 Å². The zero-order chi connectivity index (χ0) is 27.9. The number of rotatable bonds is 8. The van der Waals surface area contributed by atoms with Crippen LogP contribution in [0.2, 0.25) is 0 Å². The van der Waals surface area contributed by atoms with Gasteiger partial charge in [0.05, 0.1) is 12.1 Å². The van der Waals surface area contributed by atoms with Crippen molar-refractivity contribution < 1.29 is 36.2 Å². The summed E-state index contributed by atoms with van der Waals surface area (Å²) in [5.41, 5.74) is 0.944. The van der Waals surface area contributed by atoms with E-state index in [2.05, 4.69) is 9.72 Å². The summed E-state index contributed by atoms with van der Waals surface area (Å²) < 4.78 is 71.6. The Morgan fingerprint density at radius 3 is 2.38 bits per heavy atom. The van der Waals surface area contributed by atoms with Crippen molar-refractivity contribution in [2.45, 2.75) is 43.5 Å². The molecule has 1 aliphatic rings. The largest absolute Gasteiger partial charge is 0.573 e.